The summed E-state index contributed by atoms with van der Waals surface area (Å²) in [6.45, 7) is 0. The van der Waals surface area contributed by atoms with Crippen molar-refractivity contribution < 1.29 is 9.31 Å². The van der Waals surface area contributed by atoms with E-state index < -0.39 is 10.7 Å². The highest BCUT2D eigenvalue weighted by Crippen LogP contribution is 2.37. The van der Waals surface area contributed by atoms with Gasteiger partial charge in [0, 0.05) is 17.0 Å². The second-order valence-corrected chi connectivity index (χ2v) is 6.93. The third kappa shape index (κ3) is 2.63. The van der Waals surface area contributed by atoms with Gasteiger partial charge in [0.2, 0.25) is 4.96 Å². The summed E-state index contributed by atoms with van der Waals surface area (Å²) in [5, 5.41) is 21.4. The zero-order chi connectivity index (χ0) is 18.4. The Hall–Kier alpha value is -2.55. The number of benzene rings is 2. The first-order valence-corrected chi connectivity index (χ1v) is 8.82. The number of para-hydroxylation sites is 1. The normalized spacial score (nSPS) is 11.2. The van der Waals surface area contributed by atoms with Gasteiger partial charge in [0.05, 0.1) is 26.2 Å². The van der Waals surface area contributed by atoms with Crippen LogP contribution in [0.15, 0.2) is 41.8 Å². The Kier molecular flexibility index (Phi) is 4.10. The van der Waals surface area contributed by atoms with Gasteiger partial charge in [0.25, 0.3) is 5.69 Å². The van der Waals surface area contributed by atoms with Gasteiger partial charge >= 0.3 is 0 Å². The molecule has 26 heavy (non-hydrogen) atoms. The summed E-state index contributed by atoms with van der Waals surface area (Å²) in [6.07, 6.45) is 0. The SMILES string of the molecule is O=[N+]([O-])c1ccccc1-c1nnc2scc(-c3cc(F)c(Cl)cc3Cl)n12. The topological polar surface area (TPSA) is 73.3 Å². The third-order valence-corrected chi connectivity index (χ3v) is 5.20. The highest BCUT2D eigenvalue weighted by Gasteiger charge is 2.23. The van der Waals surface area contributed by atoms with Crippen molar-refractivity contribution in [1.82, 2.24) is 14.6 Å². The summed E-state index contributed by atoms with van der Waals surface area (Å²) < 4.78 is 15.6. The fourth-order valence-electron chi connectivity index (χ4n) is 2.62. The Labute approximate surface area is 159 Å². The van der Waals surface area contributed by atoms with Crippen LogP contribution in [-0.2, 0) is 0 Å². The lowest BCUT2D eigenvalue weighted by atomic mass is 10.1. The first kappa shape index (κ1) is 16.9. The van der Waals surface area contributed by atoms with Crippen molar-refractivity contribution in [1.29, 1.82) is 0 Å². The second-order valence-electron chi connectivity index (χ2n) is 5.28. The number of halogens is 3. The molecule has 10 heteroatoms. The zero-order valence-corrected chi connectivity index (χ0v) is 15.0. The molecule has 0 saturated heterocycles. The molecule has 0 atom stereocenters. The van der Waals surface area contributed by atoms with Crippen LogP contribution in [0.25, 0.3) is 27.6 Å². The molecule has 0 amide bonds. The average molecular weight is 409 g/mol. The minimum Gasteiger partial charge on any atom is -0.265 e. The molecule has 4 aromatic rings. The number of nitro groups is 1. The molecule has 0 aliphatic carbocycles. The van der Waals surface area contributed by atoms with E-state index in [2.05, 4.69) is 10.2 Å². The number of nitrogens with zero attached hydrogens (tertiary/aromatic N) is 4. The van der Waals surface area contributed by atoms with E-state index in [9.17, 15) is 14.5 Å². The maximum Gasteiger partial charge on any atom is 0.280 e. The van der Waals surface area contributed by atoms with Gasteiger partial charge in [-0.15, -0.1) is 21.5 Å². The van der Waals surface area contributed by atoms with Crippen molar-refractivity contribution in [2.75, 3.05) is 0 Å². The van der Waals surface area contributed by atoms with Crippen LogP contribution in [0.3, 0.4) is 0 Å². The molecule has 0 unspecified atom stereocenters. The Morgan fingerprint density at radius 1 is 1.12 bits per heavy atom. The standard InChI is InChI=1S/C16H7Cl2FN4O2S/c17-10-6-11(18)12(19)5-9(10)14-7-26-16-21-20-15(22(14)16)8-3-1-2-4-13(8)23(24)25/h1-7H. The molecule has 2 heterocycles. The molecule has 0 saturated carbocycles. The van der Waals surface area contributed by atoms with Gasteiger partial charge in [0.15, 0.2) is 5.82 Å². The number of hydrogen-bond donors (Lipinski definition) is 0. The van der Waals surface area contributed by atoms with Crippen molar-refractivity contribution in [2.24, 2.45) is 0 Å². The predicted molar refractivity (Wildman–Crippen MR) is 98.4 cm³/mol. The van der Waals surface area contributed by atoms with E-state index in [1.54, 1.807) is 28.0 Å². The van der Waals surface area contributed by atoms with E-state index in [0.29, 0.717) is 21.8 Å². The molecule has 2 aromatic carbocycles. The predicted octanol–water partition coefficient (Wildman–Crippen LogP) is 5.48. The fraction of sp³-hybridized carbons (Fsp3) is 0. The van der Waals surface area contributed by atoms with Gasteiger partial charge in [-0.25, -0.2) is 4.39 Å². The van der Waals surface area contributed by atoms with Crippen LogP contribution in [0.1, 0.15) is 0 Å². The molecular formula is C16H7Cl2FN4O2S. The molecule has 0 bridgehead atoms. The van der Waals surface area contributed by atoms with E-state index in [0.717, 1.165) is 0 Å². The van der Waals surface area contributed by atoms with Crippen LogP contribution in [0.4, 0.5) is 10.1 Å². The van der Waals surface area contributed by atoms with Crippen LogP contribution >= 0.6 is 34.5 Å². The van der Waals surface area contributed by atoms with Crippen LogP contribution < -0.4 is 0 Å². The Morgan fingerprint density at radius 3 is 2.65 bits per heavy atom. The average Bonchev–Trinajstić information content (AvgIpc) is 3.20. The van der Waals surface area contributed by atoms with Crippen LogP contribution in [0, 0.1) is 15.9 Å². The van der Waals surface area contributed by atoms with Crippen LogP contribution in [0.5, 0.6) is 0 Å². The molecule has 0 aliphatic rings. The monoisotopic (exact) mass is 408 g/mol. The molecule has 0 spiro atoms. The summed E-state index contributed by atoms with van der Waals surface area (Å²) in [6, 6.07) is 8.74. The van der Waals surface area contributed by atoms with Gasteiger partial charge < -0.3 is 0 Å². The van der Waals surface area contributed by atoms with Gasteiger partial charge in [-0.1, -0.05) is 35.3 Å². The van der Waals surface area contributed by atoms with E-state index in [1.807, 2.05) is 0 Å². The van der Waals surface area contributed by atoms with E-state index in [-0.39, 0.29) is 21.6 Å². The van der Waals surface area contributed by atoms with Crippen molar-refractivity contribution in [3.05, 3.63) is 67.8 Å². The first-order valence-electron chi connectivity index (χ1n) is 7.18. The number of hydrogen-bond acceptors (Lipinski definition) is 5. The molecule has 0 N–H and O–H groups in total. The lowest BCUT2D eigenvalue weighted by Crippen LogP contribution is -1.97. The zero-order valence-electron chi connectivity index (χ0n) is 12.7. The van der Waals surface area contributed by atoms with E-state index >= 15 is 0 Å². The quantitative estimate of drug-likeness (QED) is 0.255. The van der Waals surface area contributed by atoms with Crippen molar-refractivity contribution >= 4 is 45.2 Å². The Bertz CT molecular complexity index is 1170. The number of aromatic nitrogens is 3. The minimum atomic E-state index is -0.620. The Balaban J connectivity index is 2.01. The lowest BCUT2D eigenvalue weighted by Gasteiger charge is -2.07. The summed E-state index contributed by atoms with van der Waals surface area (Å²) in [7, 11) is 0. The molecule has 0 radical (unpaired) electrons. The Morgan fingerprint density at radius 2 is 1.88 bits per heavy atom. The molecule has 2 aromatic heterocycles. The molecule has 4 rings (SSSR count). The third-order valence-electron chi connectivity index (χ3n) is 3.78. The highest BCUT2D eigenvalue weighted by molar-refractivity contribution is 7.15. The summed E-state index contributed by atoms with van der Waals surface area (Å²) >= 11 is 13.3. The maximum atomic E-state index is 14.0. The second kappa shape index (κ2) is 6.31. The number of nitro benzene ring substituents is 1. The van der Waals surface area contributed by atoms with Crippen LogP contribution in [0.2, 0.25) is 10.0 Å². The molecule has 6 nitrogen and oxygen atoms in total. The maximum absolute atomic E-state index is 14.0. The number of rotatable bonds is 3. The lowest BCUT2D eigenvalue weighted by molar-refractivity contribution is -0.384. The van der Waals surface area contributed by atoms with Gasteiger partial charge in [-0.05, 0) is 18.2 Å². The smallest absolute Gasteiger partial charge is 0.265 e. The number of thiazole rings is 1. The highest BCUT2D eigenvalue weighted by atomic mass is 35.5. The van der Waals surface area contributed by atoms with Gasteiger partial charge in [-0.2, -0.15) is 0 Å². The summed E-state index contributed by atoms with van der Waals surface area (Å²) in [4.78, 5) is 11.4. The first-order chi connectivity index (χ1) is 12.5. The van der Waals surface area contributed by atoms with E-state index in [4.69, 9.17) is 23.2 Å². The molecular weight excluding hydrogens is 402 g/mol. The van der Waals surface area contributed by atoms with Crippen LogP contribution in [-0.4, -0.2) is 19.5 Å². The summed E-state index contributed by atoms with van der Waals surface area (Å²) in [5.74, 6) is -0.347. The van der Waals surface area contributed by atoms with Gasteiger partial charge in [-0.3, -0.25) is 14.5 Å². The van der Waals surface area contributed by atoms with Crippen molar-refractivity contribution in [3.8, 4) is 22.6 Å². The minimum absolute atomic E-state index is 0.0899. The molecule has 130 valence electrons. The largest absolute Gasteiger partial charge is 0.280 e. The fourth-order valence-corrected chi connectivity index (χ4v) is 3.93. The van der Waals surface area contributed by atoms with Crippen molar-refractivity contribution in [2.45, 2.75) is 0 Å². The molecule has 0 fully saturated rings. The molecule has 0 aliphatic heterocycles. The van der Waals surface area contributed by atoms with E-state index in [1.165, 1.54) is 29.5 Å². The van der Waals surface area contributed by atoms with Gasteiger partial charge in [0.1, 0.15) is 5.82 Å². The summed E-state index contributed by atoms with van der Waals surface area (Å²) in [5.41, 5.74) is 1.10. The number of fused-ring (bicyclic) bond motifs is 1. The van der Waals surface area contributed by atoms with Crippen molar-refractivity contribution in [3.63, 3.8) is 0 Å².